The second-order valence-electron chi connectivity index (χ2n) is 4.94. The number of hydrogen-bond donors (Lipinski definition) is 2. The summed E-state index contributed by atoms with van der Waals surface area (Å²) in [6, 6.07) is 4.41. The fourth-order valence-corrected chi connectivity index (χ4v) is 2.39. The number of nitrogens with one attached hydrogen (secondary N) is 1. The normalized spacial score (nSPS) is 17.2. The fraction of sp³-hybridized carbons (Fsp3) is 0.500. The van der Waals surface area contributed by atoms with Crippen molar-refractivity contribution in [3.05, 3.63) is 29.6 Å². The van der Waals surface area contributed by atoms with Gasteiger partial charge in [-0.25, -0.2) is 4.39 Å². The molecule has 1 saturated carbocycles. The quantitative estimate of drug-likeness (QED) is 0.875. The van der Waals surface area contributed by atoms with Crippen molar-refractivity contribution in [2.75, 3.05) is 13.7 Å². The highest BCUT2D eigenvalue weighted by molar-refractivity contribution is 5.94. The van der Waals surface area contributed by atoms with Crippen LogP contribution in [-0.2, 0) is 0 Å². The van der Waals surface area contributed by atoms with E-state index >= 15 is 0 Å². The van der Waals surface area contributed by atoms with Crippen LogP contribution in [0.3, 0.4) is 0 Å². The van der Waals surface area contributed by atoms with Crippen molar-refractivity contribution in [3.63, 3.8) is 0 Å². The molecule has 4 nitrogen and oxygen atoms in total. The minimum atomic E-state index is -0.842. The smallest absolute Gasteiger partial charge is 0.254 e. The molecule has 0 atom stereocenters. The molecule has 2 N–H and O–H groups in total. The number of methoxy groups -OCH3 is 1. The third kappa shape index (κ3) is 3.04. The van der Waals surface area contributed by atoms with Crippen LogP contribution in [-0.4, -0.2) is 30.3 Å². The Kier molecular flexibility index (Phi) is 4.04. The van der Waals surface area contributed by atoms with Gasteiger partial charge >= 0.3 is 0 Å². The number of benzene rings is 1. The molecule has 0 heterocycles. The Hall–Kier alpha value is -1.62. The van der Waals surface area contributed by atoms with E-state index in [1.807, 2.05) is 0 Å². The molecule has 1 aromatic carbocycles. The lowest BCUT2D eigenvalue weighted by Gasteiger charge is -2.22. The number of ether oxygens (including phenoxy) is 1. The van der Waals surface area contributed by atoms with E-state index in [9.17, 15) is 14.3 Å². The summed E-state index contributed by atoms with van der Waals surface area (Å²) in [7, 11) is 1.35. The van der Waals surface area contributed by atoms with Gasteiger partial charge in [0.2, 0.25) is 0 Å². The average molecular weight is 267 g/mol. The highest BCUT2D eigenvalue weighted by atomic mass is 19.1. The molecule has 0 aromatic heterocycles. The molecule has 0 spiro atoms. The van der Waals surface area contributed by atoms with E-state index in [0.717, 1.165) is 12.8 Å². The molecule has 1 aromatic rings. The number of hydrogen-bond acceptors (Lipinski definition) is 3. The zero-order valence-electron chi connectivity index (χ0n) is 10.9. The lowest BCUT2D eigenvalue weighted by molar-refractivity contribution is 0.0448. The summed E-state index contributed by atoms with van der Waals surface area (Å²) in [4.78, 5) is 11.9. The zero-order valence-corrected chi connectivity index (χ0v) is 10.9. The maximum atomic E-state index is 13.9. The topological polar surface area (TPSA) is 58.6 Å². The summed E-state index contributed by atoms with van der Waals surface area (Å²) in [6.07, 6.45) is 3.27. The van der Waals surface area contributed by atoms with Gasteiger partial charge in [-0.15, -0.1) is 0 Å². The first-order valence-electron chi connectivity index (χ1n) is 6.39. The number of aliphatic hydroxyl groups is 1. The Bertz CT molecular complexity index is 470. The first kappa shape index (κ1) is 13.8. The maximum absolute atomic E-state index is 13.9. The zero-order chi connectivity index (χ0) is 13.9. The van der Waals surface area contributed by atoms with Crippen molar-refractivity contribution in [1.82, 2.24) is 5.32 Å². The third-order valence-corrected chi connectivity index (χ3v) is 3.54. The maximum Gasteiger partial charge on any atom is 0.254 e. The number of halogens is 1. The first-order chi connectivity index (χ1) is 9.06. The van der Waals surface area contributed by atoms with E-state index in [-0.39, 0.29) is 17.9 Å². The van der Waals surface area contributed by atoms with Crippen molar-refractivity contribution in [1.29, 1.82) is 0 Å². The molecule has 0 bridgehead atoms. The van der Waals surface area contributed by atoms with E-state index in [1.165, 1.54) is 19.2 Å². The molecule has 5 heteroatoms. The standard InChI is InChI=1S/C14H18FNO3/c1-19-11-6-4-5-10(12(11)15)13(17)16-9-14(18)7-2-3-8-14/h4-6,18H,2-3,7-9H2,1H3,(H,16,17). The van der Waals surface area contributed by atoms with Gasteiger partial charge in [0.05, 0.1) is 18.3 Å². The second-order valence-corrected chi connectivity index (χ2v) is 4.94. The fourth-order valence-electron chi connectivity index (χ4n) is 2.39. The van der Waals surface area contributed by atoms with Crippen LogP contribution in [0.5, 0.6) is 5.75 Å². The molecule has 0 aliphatic heterocycles. The Morgan fingerprint density at radius 3 is 2.79 bits per heavy atom. The van der Waals surface area contributed by atoms with Gasteiger partial charge in [-0.05, 0) is 25.0 Å². The van der Waals surface area contributed by atoms with Gasteiger partial charge in [0.1, 0.15) is 0 Å². The summed E-state index contributed by atoms with van der Waals surface area (Å²) in [5.41, 5.74) is -0.911. The highest BCUT2D eigenvalue weighted by Gasteiger charge is 2.31. The second kappa shape index (κ2) is 5.57. The van der Waals surface area contributed by atoms with Crippen LogP contribution in [0.1, 0.15) is 36.0 Å². The van der Waals surface area contributed by atoms with Crippen molar-refractivity contribution in [3.8, 4) is 5.75 Å². The lowest BCUT2D eigenvalue weighted by Crippen LogP contribution is -2.41. The van der Waals surface area contributed by atoms with Crippen molar-refractivity contribution >= 4 is 5.91 Å². The van der Waals surface area contributed by atoms with Gasteiger partial charge in [-0.3, -0.25) is 4.79 Å². The number of rotatable bonds is 4. The molecule has 0 saturated heterocycles. The van der Waals surface area contributed by atoms with Gasteiger partial charge in [0.25, 0.3) is 5.91 Å². The summed E-state index contributed by atoms with van der Waals surface area (Å²) in [5, 5.41) is 12.7. The molecule has 2 rings (SSSR count). The van der Waals surface area contributed by atoms with E-state index in [4.69, 9.17) is 4.74 Å². The SMILES string of the molecule is COc1cccc(C(=O)NCC2(O)CCCC2)c1F. The van der Waals surface area contributed by atoms with Crippen LogP contribution >= 0.6 is 0 Å². The van der Waals surface area contributed by atoms with Gasteiger partial charge in [0.15, 0.2) is 11.6 Å². The Morgan fingerprint density at radius 2 is 2.16 bits per heavy atom. The number of amides is 1. The average Bonchev–Trinajstić information content (AvgIpc) is 2.84. The Balaban J connectivity index is 2.04. The van der Waals surface area contributed by atoms with Crippen molar-refractivity contribution in [2.45, 2.75) is 31.3 Å². The molecule has 19 heavy (non-hydrogen) atoms. The largest absolute Gasteiger partial charge is 0.494 e. The Labute approximate surface area is 111 Å². The lowest BCUT2D eigenvalue weighted by atomic mass is 10.0. The summed E-state index contributed by atoms with van der Waals surface area (Å²) >= 11 is 0. The van der Waals surface area contributed by atoms with E-state index in [1.54, 1.807) is 6.07 Å². The molecule has 1 aliphatic carbocycles. The number of carbonyl (C=O) groups is 1. The predicted octanol–water partition coefficient (Wildman–Crippen LogP) is 1.87. The third-order valence-electron chi connectivity index (χ3n) is 3.54. The van der Waals surface area contributed by atoms with Gasteiger partial charge in [0, 0.05) is 6.54 Å². The van der Waals surface area contributed by atoms with E-state index < -0.39 is 17.3 Å². The number of carbonyl (C=O) groups excluding carboxylic acids is 1. The molecule has 104 valence electrons. The van der Waals surface area contributed by atoms with E-state index in [0.29, 0.717) is 12.8 Å². The first-order valence-corrected chi connectivity index (χ1v) is 6.39. The van der Waals surface area contributed by atoms with Crippen LogP contribution in [0, 0.1) is 5.82 Å². The molecular formula is C14H18FNO3. The van der Waals surface area contributed by atoms with Crippen LogP contribution < -0.4 is 10.1 Å². The van der Waals surface area contributed by atoms with E-state index in [2.05, 4.69) is 5.32 Å². The van der Waals surface area contributed by atoms with Crippen LogP contribution in [0.15, 0.2) is 18.2 Å². The van der Waals surface area contributed by atoms with Crippen LogP contribution in [0.4, 0.5) is 4.39 Å². The van der Waals surface area contributed by atoms with Crippen LogP contribution in [0.2, 0.25) is 0 Å². The molecule has 0 unspecified atom stereocenters. The molecular weight excluding hydrogens is 249 g/mol. The molecule has 1 amide bonds. The molecule has 1 fully saturated rings. The monoisotopic (exact) mass is 267 g/mol. The Morgan fingerprint density at radius 1 is 1.47 bits per heavy atom. The molecule has 1 aliphatic rings. The van der Waals surface area contributed by atoms with Crippen molar-refractivity contribution < 1.29 is 19.0 Å². The van der Waals surface area contributed by atoms with Gasteiger partial charge in [-0.1, -0.05) is 18.9 Å². The molecule has 0 radical (unpaired) electrons. The highest BCUT2D eigenvalue weighted by Crippen LogP contribution is 2.28. The van der Waals surface area contributed by atoms with Gasteiger partial charge < -0.3 is 15.2 Å². The van der Waals surface area contributed by atoms with Gasteiger partial charge in [-0.2, -0.15) is 0 Å². The van der Waals surface area contributed by atoms with Crippen molar-refractivity contribution in [2.24, 2.45) is 0 Å². The minimum Gasteiger partial charge on any atom is -0.494 e. The van der Waals surface area contributed by atoms with Crippen LogP contribution in [0.25, 0.3) is 0 Å². The minimum absolute atomic E-state index is 0.0345. The summed E-state index contributed by atoms with van der Waals surface area (Å²) in [5.74, 6) is -1.18. The summed E-state index contributed by atoms with van der Waals surface area (Å²) in [6.45, 7) is 0.155. The summed E-state index contributed by atoms with van der Waals surface area (Å²) < 4.78 is 18.7. The predicted molar refractivity (Wildman–Crippen MR) is 68.7 cm³/mol.